The molecule has 4 aromatic heterocycles. The maximum atomic E-state index is 14.1. The van der Waals surface area contributed by atoms with Crippen LogP contribution in [0.5, 0.6) is 0 Å². The van der Waals surface area contributed by atoms with Crippen molar-refractivity contribution in [2.45, 2.75) is 12.8 Å². The van der Waals surface area contributed by atoms with Crippen molar-refractivity contribution in [1.29, 1.82) is 0 Å². The second kappa shape index (κ2) is 12.3. The summed E-state index contributed by atoms with van der Waals surface area (Å²) in [5.41, 5.74) is 4.18. The van der Waals surface area contributed by atoms with Crippen LogP contribution in [0.4, 0.5) is 5.82 Å². The third-order valence-corrected chi connectivity index (χ3v) is 9.73. The van der Waals surface area contributed by atoms with Gasteiger partial charge in [0, 0.05) is 70.0 Å². The van der Waals surface area contributed by atoms with Crippen molar-refractivity contribution in [2.75, 3.05) is 57.3 Å². The lowest BCUT2D eigenvalue weighted by atomic mass is 10.1. The highest BCUT2D eigenvalue weighted by atomic mass is 16.2. The summed E-state index contributed by atoms with van der Waals surface area (Å²) in [6.07, 6.45) is 7.68. The van der Waals surface area contributed by atoms with Gasteiger partial charge in [0.05, 0.1) is 22.7 Å². The van der Waals surface area contributed by atoms with Crippen molar-refractivity contribution in [3.05, 3.63) is 101 Å². The number of imidazole rings is 2. The second-order valence-electron chi connectivity index (χ2n) is 12.6. The summed E-state index contributed by atoms with van der Waals surface area (Å²) in [5.74, 6) is 0.350. The Morgan fingerprint density at radius 1 is 0.875 bits per heavy atom. The number of piperazine rings is 1. The molecule has 2 aliphatic heterocycles. The van der Waals surface area contributed by atoms with Gasteiger partial charge in [-0.1, -0.05) is 12.1 Å². The number of amides is 2. The molecule has 0 unspecified atom stereocenters. The number of hydrogen-bond acceptors (Lipinski definition) is 7. The minimum Gasteiger partial charge on any atom is -0.353 e. The van der Waals surface area contributed by atoms with Gasteiger partial charge in [-0.25, -0.2) is 9.97 Å². The van der Waals surface area contributed by atoms with Crippen LogP contribution in [0.2, 0.25) is 0 Å². The first-order valence-electron chi connectivity index (χ1n) is 16.5. The number of anilines is 1. The molecule has 0 bridgehead atoms. The number of likely N-dealkylation sites (tertiary alicyclic amines) is 1. The first-order chi connectivity index (χ1) is 23.5. The molecule has 8 rings (SSSR count). The van der Waals surface area contributed by atoms with Crippen molar-refractivity contribution in [3.63, 3.8) is 0 Å². The minimum absolute atomic E-state index is 0.00597. The van der Waals surface area contributed by atoms with E-state index in [2.05, 4.69) is 20.1 Å². The predicted octanol–water partition coefficient (Wildman–Crippen LogP) is 3.31. The summed E-state index contributed by atoms with van der Waals surface area (Å²) in [6, 6.07) is 19.1. The number of nitrogens with one attached hydrogen (secondary N) is 1. The predicted molar refractivity (Wildman–Crippen MR) is 185 cm³/mol. The molecule has 2 fully saturated rings. The van der Waals surface area contributed by atoms with Crippen LogP contribution in [0.25, 0.3) is 33.4 Å². The molecule has 6 aromatic rings. The Morgan fingerprint density at radius 2 is 1.62 bits per heavy atom. The number of carbonyl (C=O) groups is 2. The summed E-state index contributed by atoms with van der Waals surface area (Å²) in [4.78, 5) is 56.6. The molecule has 2 aromatic carbocycles. The maximum absolute atomic E-state index is 14.1. The molecule has 48 heavy (non-hydrogen) atoms. The lowest BCUT2D eigenvalue weighted by molar-refractivity contribution is 0.0746. The van der Waals surface area contributed by atoms with Gasteiger partial charge in [0.2, 0.25) is 5.43 Å². The zero-order chi connectivity index (χ0) is 32.8. The highest BCUT2D eigenvalue weighted by Crippen LogP contribution is 2.27. The van der Waals surface area contributed by atoms with Crippen molar-refractivity contribution in [3.8, 4) is 5.69 Å². The molecule has 2 aliphatic rings. The van der Waals surface area contributed by atoms with Gasteiger partial charge in [-0.05, 0) is 74.5 Å². The van der Waals surface area contributed by atoms with E-state index in [1.54, 1.807) is 18.6 Å². The largest absolute Gasteiger partial charge is 0.353 e. The molecule has 0 spiro atoms. The van der Waals surface area contributed by atoms with Crippen molar-refractivity contribution in [2.24, 2.45) is 7.05 Å². The molecule has 2 saturated heterocycles. The molecule has 0 atom stereocenters. The van der Waals surface area contributed by atoms with Crippen LogP contribution in [0.1, 0.15) is 33.6 Å². The van der Waals surface area contributed by atoms with Crippen LogP contribution in [0.3, 0.4) is 0 Å². The Bertz CT molecular complexity index is 2210. The number of benzene rings is 2. The summed E-state index contributed by atoms with van der Waals surface area (Å²) in [5, 5.41) is 3.41. The Hall–Kier alpha value is -5.49. The van der Waals surface area contributed by atoms with E-state index in [9.17, 15) is 14.4 Å². The molecule has 1 N–H and O–H groups in total. The molecular weight excluding hydrogens is 606 g/mol. The smallest absolute Gasteiger partial charge is 0.259 e. The molecule has 6 heterocycles. The number of nitrogens with zero attached hydrogens (tertiary/aromatic N) is 8. The number of aryl methyl sites for hydroxylation is 1. The number of fused-ring (bicyclic) bond motifs is 5. The maximum Gasteiger partial charge on any atom is 0.259 e. The SMILES string of the molecule is Cn1c2ccccc2n2c3nc(N4CCN(C(=O)c5ccc(-n6ccnc6)cc5)CC4)ccc3c(=O)c(C(=O)NCCN3CCCC3)c12. The summed E-state index contributed by atoms with van der Waals surface area (Å²) < 4.78 is 5.75. The number of para-hydroxylation sites is 2. The Balaban J connectivity index is 1.07. The summed E-state index contributed by atoms with van der Waals surface area (Å²) in [6.45, 7) is 5.62. The lowest BCUT2D eigenvalue weighted by Crippen LogP contribution is -2.49. The fourth-order valence-electron chi connectivity index (χ4n) is 7.14. The van der Waals surface area contributed by atoms with Crippen LogP contribution < -0.4 is 15.6 Å². The van der Waals surface area contributed by atoms with E-state index in [4.69, 9.17) is 4.98 Å². The van der Waals surface area contributed by atoms with Crippen molar-refractivity contribution < 1.29 is 9.59 Å². The third-order valence-electron chi connectivity index (χ3n) is 9.73. The number of carbonyl (C=O) groups excluding carboxylic acids is 2. The zero-order valence-corrected chi connectivity index (χ0v) is 26.9. The molecule has 0 radical (unpaired) electrons. The Kier molecular flexibility index (Phi) is 7.64. The van der Waals surface area contributed by atoms with Gasteiger partial charge in [-0.2, -0.15) is 0 Å². The monoisotopic (exact) mass is 643 g/mol. The first kappa shape index (κ1) is 29.9. The third kappa shape index (κ3) is 5.18. The number of rotatable bonds is 7. The minimum atomic E-state index is -0.370. The van der Waals surface area contributed by atoms with Crippen molar-refractivity contribution in [1.82, 2.24) is 38.6 Å². The van der Waals surface area contributed by atoms with E-state index in [1.165, 1.54) is 12.8 Å². The molecule has 12 nitrogen and oxygen atoms in total. The van der Waals surface area contributed by atoms with Crippen LogP contribution in [0.15, 0.2) is 84.2 Å². The van der Waals surface area contributed by atoms with Gasteiger partial charge >= 0.3 is 0 Å². The van der Waals surface area contributed by atoms with Gasteiger partial charge in [-0.15, -0.1) is 0 Å². The van der Waals surface area contributed by atoms with Gasteiger partial charge in [0.15, 0.2) is 5.65 Å². The molecule has 244 valence electrons. The van der Waals surface area contributed by atoms with E-state index in [0.29, 0.717) is 55.0 Å². The van der Waals surface area contributed by atoms with E-state index in [0.717, 1.165) is 42.2 Å². The van der Waals surface area contributed by atoms with Gasteiger partial charge in [-0.3, -0.25) is 18.8 Å². The lowest BCUT2D eigenvalue weighted by Gasteiger charge is -2.35. The van der Waals surface area contributed by atoms with Crippen LogP contribution in [0, 0.1) is 0 Å². The average Bonchev–Trinajstić information content (AvgIpc) is 3.91. The molecule has 2 amide bonds. The first-order valence-corrected chi connectivity index (χ1v) is 16.5. The van der Waals surface area contributed by atoms with E-state index in [-0.39, 0.29) is 22.8 Å². The normalized spacial score (nSPS) is 15.6. The van der Waals surface area contributed by atoms with E-state index < -0.39 is 0 Å². The van der Waals surface area contributed by atoms with Crippen LogP contribution in [-0.2, 0) is 7.05 Å². The highest BCUT2D eigenvalue weighted by Gasteiger charge is 2.27. The van der Waals surface area contributed by atoms with Crippen molar-refractivity contribution >= 4 is 45.3 Å². The fourth-order valence-corrected chi connectivity index (χ4v) is 7.14. The van der Waals surface area contributed by atoms with E-state index in [1.807, 2.05) is 86.3 Å². The van der Waals surface area contributed by atoms with Gasteiger partial charge in [0.1, 0.15) is 17.0 Å². The Morgan fingerprint density at radius 3 is 2.35 bits per heavy atom. The molecular formula is C36H37N9O3. The summed E-state index contributed by atoms with van der Waals surface area (Å²) >= 11 is 0. The van der Waals surface area contributed by atoms with Gasteiger partial charge in [0.25, 0.3) is 11.8 Å². The van der Waals surface area contributed by atoms with Gasteiger partial charge < -0.3 is 29.2 Å². The van der Waals surface area contributed by atoms with Crippen LogP contribution in [-0.4, -0.2) is 97.5 Å². The average molecular weight is 644 g/mol. The number of hydrogen-bond donors (Lipinski definition) is 1. The number of aromatic nitrogens is 5. The molecule has 0 saturated carbocycles. The topological polar surface area (TPSA) is 113 Å². The Labute approximate surface area is 276 Å². The second-order valence-corrected chi connectivity index (χ2v) is 12.6. The quantitative estimate of drug-likeness (QED) is 0.284. The summed E-state index contributed by atoms with van der Waals surface area (Å²) in [7, 11) is 1.88. The zero-order valence-electron chi connectivity index (χ0n) is 26.9. The molecule has 0 aliphatic carbocycles. The number of pyridine rings is 2. The standard InChI is InChI=1S/C36H37N9O3/c1-40-28-6-2-3-7-29(28)45-33-27(32(46)31(35(40)45)34(47)38-15-18-41-16-4-5-17-41)12-13-30(39-33)42-20-22-43(23-21-42)36(48)25-8-10-26(11-9-25)44-19-14-37-24-44/h2-3,6-14,19,24H,4-5,15-18,20-23H2,1H3,(H,38,47). The van der Waals surface area contributed by atoms with E-state index >= 15 is 0 Å². The highest BCUT2D eigenvalue weighted by molar-refractivity contribution is 6.06. The fraction of sp³-hybridized carbons (Fsp3) is 0.306. The molecule has 12 heteroatoms. The van der Waals surface area contributed by atoms with Crippen LogP contribution >= 0.6 is 0 Å².